The van der Waals surface area contributed by atoms with Crippen molar-refractivity contribution < 1.29 is 14.7 Å². The summed E-state index contributed by atoms with van der Waals surface area (Å²) in [4.78, 5) is 26.4. The van der Waals surface area contributed by atoms with Gasteiger partial charge in [-0.25, -0.2) is 9.78 Å². The molecule has 5 N–H and O–H groups in total. The average Bonchev–Trinajstić information content (AvgIpc) is 2.52. The Labute approximate surface area is 137 Å². The van der Waals surface area contributed by atoms with Gasteiger partial charge in [-0.1, -0.05) is 11.6 Å². The van der Waals surface area contributed by atoms with E-state index in [1.54, 1.807) is 6.07 Å². The highest BCUT2D eigenvalue weighted by molar-refractivity contribution is 6.32. The Hall–Kier alpha value is -2.80. The Bertz CT molecular complexity index is 719. The molecule has 1 aromatic carbocycles. The Morgan fingerprint density at radius 3 is 2.57 bits per heavy atom. The molecule has 7 nitrogen and oxygen atoms in total. The van der Waals surface area contributed by atoms with E-state index in [1.165, 1.54) is 30.5 Å². The van der Waals surface area contributed by atoms with Gasteiger partial charge >= 0.3 is 5.97 Å². The predicted molar refractivity (Wildman–Crippen MR) is 88.8 cm³/mol. The van der Waals surface area contributed by atoms with E-state index in [1.807, 2.05) is 0 Å². The Morgan fingerprint density at radius 2 is 1.91 bits per heavy atom. The average molecular weight is 335 g/mol. The maximum absolute atomic E-state index is 11.8. The quantitative estimate of drug-likeness (QED) is 0.603. The number of aromatic carboxylic acids is 1. The zero-order valence-electron chi connectivity index (χ0n) is 12.0. The second kappa shape index (κ2) is 7.46. The van der Waals surface area contributed by atoms with Crippen LogP contribution in [0.1, 0.15) is 16.8 Å². The van der Waals surface area contributed by atoms with Gasteiger partial charge in [0.25, 0.3) is 0 Å². The molecule has 8 heteroatoms. The molecule has 0 atom stereocenters. The first-order chi connectivity index (χ1) is 11.0. The minimum absolute atomic E-state index is 0.162. The number of halogens is 1. The molecule has 0 saturated heterocycles. The van der Waals surface area contributed by atoms with E-state index in [9.17, 15) is 9.59 Å². The Kier molecular flexibility index (Phi) is 5.37. The Balaban J connectivity index is 1.83. The Morgan fingerprint density at radius 1 is 1.22 bits per heavy atom. The number of amides is 1. The van der Waals surface area contributed by atoms with E-state index in [-0.39, 0.29) is 23.0 Å². The number of carbonyl (C=O) groups is 2. The van der Waals surface area contributed by atoms with Crippen LogP contribution in [-0.4, -0.2) is 28.5 Å². The highest BCUT2D eigenvalue weighted by atomic mass is 35.5. The minimum Gasteiger partial charge on any atom is -0.478 e. The lowest BCUT2D eigenvalue weighted by molar-refractivity contribution is -0.115. The van der Waals surface area contributed by atoms with Crippen LogP contribution < -0.4 is 16.4 Å². The van der Waals surface area contributed by atoms with Gasteiger partial charge in [0.2, 0.25) is 5.91 Å². The fraction of sp³-hybridized carbons (Fsp3) is 0.133. The molecule has 2 rings (SSSR count). The van der Waals surface area contributed by atoms with Crippen LogP contribution >= 0.6 is 11.6 Å². The zero-order chi connectivity index (χ0) is 16.8. The number of carbonyl (C=O) groups excluding carboxylic acids is 1. The van der Waals surface area contributed by atoms with Crippen molar-refractivity contribution in [3.63, 3.8) is 0 Å². The number of pyridine rings is 1. The molecule has 0 aliphatic rings. The van der Waals surface area contributed by atoms with Crippen molar-refractivity contribution >= 4 is 40.5 Å². The summed E-state index contributed by atoms with van der Waals surface area (Å²) in [6, 6.07) is 7.60. The number of benzene rings is 1. The molecule has 0 saturated carbocycles. The van der Waals surface area contributed by atoms with Gasteiger partial charge in [0, 0.05) is 24.8 Å². The predicted octanol–water partition coefficient (Wildman–Crippen LogP) is 2.46. The summed E-state index contributed by atoms with van der Waals surface area (Å²) >= 11 is 5.80. The third-order valence-electron chi connectivity index (χ3n) is 3.02. The second-order valence-electron chi connectivity index (χ2n) is 4.67. The van der Waals surface area contributed by atoms with Gasteiger partial charge in [0.15, 0.2) is 5.15 Å². The van der Waals surface area contributed by atoms with Crippen LogP contribution in [0, 0.1) is 0 Å². The maximum Gasteiger partial charge on any atom is 0.335 e. The molecule has 1 heterocycles. The fourth-order valence-electron chi connectivity index (χ4n) is 1.83. The third-order valence-corrected chi connectivity index (χ3v) is 3.33. The number of rotatable bonds is 6. The van der Waals surface area contributed by atoms with E-state index >= 15 is 0 Å². The summed E-state index contributed by atoms with van der Waals surface area (Å²) in [6.07, 6.45) is 1.73. The highest BCUT2D eigenvalue weighted by Gasteiger charge is 2.07. The third kappa shape index (κ3) is 4.58. The first kappa shape index (κ1) is 16.6. The zero-order valence-corrected chi connectivity index (χ0v) is 12.8. The molecule has 2 aromatic rings. The topological polar surface area (TPSA) is 117 Å². The standard InChI is InChI=1S/C15H15ClN4O3/c16-14-13(17)11(5-7-19-14)18-8-6-12(21)20-10-3-1-9(2-4-10)15(22)23/h1-5,7H,6,8,17H2,(H,18,19)(H,20,21)(H,22,23). The van der Waals surface area contributed by atoms with Crippen LogP contribution in [0.25, 0.3) is 0 Å². The van der Waals surface area contributed by atoms with E-state index in [0.717, 1.165) is 0 Å². The number of nitrogens with zero attached hydrogens (tertiary/aromatic N) is 1. The summed E-state index contributed by atoms with van der Waals surface area (Å²) in [5.41, 5.74) is 7.40. The maximum atomic E-state index is 11.8. The first-order valence-corrected chi connectivity index (χ1v) is 7.12. The summed E-state index contributed by atoms with van der Waals surface area (Å²) in [5.74, 6) is -1.22. The molecule has 0 spiro atoms. The van der Waals surface area contributed by atoms with Gasteiger partial charge < -0.3 is 21.5 Å². The number of hydrogen-bond acceptors (Lipinski definition) is 5. The number of carboxylic acid groups (broad SMARTS) is 1. The van der Waals surface area contributed by atoms with Gasteiger partial charge in [0.1, 0.15) is 0 Å². The van der Waals surface area contributed by atoms with E-state index in [2.05, 4.69) is 15.6 Å². The molecule has 23 heavy (non-hydrogen) atoms. The normalized spacial score (nSPS) is 10.1. The summed E-state index contributed by atoms with van der Waals surface area (Å²) in [6.45, 7) is 0.365. The lowest BCUT2D eigenvalue weighted by Gasteiger charge is -2.10. The summed E-state index contributed by atoms with van der Waals surface area (Å²) in [5, 5.41) is 14.7. The molecule has 0 radical (unpaired) electrons. The summed E-state index contributed by atoms with van der Waals surface area (Å²) in [7, 11) is 0. The molecule has 120 valence electrons. The van der Waals surface area contributed by atoms with Crippen LogP contribution in [0.4, 0.5) is 17.1 Å². The molecule has 0 bridgehead atoms. The molecule has 0 unspecified atom stereocenters. The number of hydrogen-bond donors (Lipinski definition) is 4. The number of nitrogens with one attached hydrogen (secondary N) is 2. The van der Waals surface area contributed by atoms with Crippen LogP contribution in [0.15, 0.2) is 36.5 Å². The number of nitrogens with two attached hydrogens (primary N) is 1. The van der Waals surface area contributed by atoms with Crippen molar-refractivity contribution in [3.8, 4) is 0 Å². The molecule has 1 aromatic heterocycles. The SMILES string of the molecule is Nc1c(NCCC(=O)Nc2ccc(C(=O)O)cc2)ccnc1Cl. The monoisotopic (exact) mass is 334 g/mol. The largest absolute Gasteiger partial charge is 0.478 e. The van der Waals surface area contributed by atoms with E-state index < -0.39 is 5.97 Å². The van der Waals surface area contributed by atoms with Crippen LogP contribution in [0.3, 0.4) is 0 Å². The van der Waals surface area contributed by atoms with Gasteiger partial charge in [-0.05, 0) is 30.3 Å². The van der Waals surface area contributed by atoms with Crippen molar-refractivity contribution in [2.45, 2.75) is 6.42 Å². The smallest absolute Gasteiger partial charge is 0.335 e. The van der Waals surface area contributed by atoms with Crippen LogP contribution in [0.5, 0.6) is 0 Å². The van der Waals surface area contributed by atoms with E-state index in [4.69, 9.17) is 22.4 Å². The molecule has 0 aliphatic heterocycles. The molecular formula is C15H15ClN4O3. The van der Waals surface area contributed by atoms with Gasteiger partial charge in [-0.15, -0.1) is 0 Å². The molecule has 1 amide bonds. The van der Waals surface area contributed by atoms with Crippen molar-refractivity contribution in [2.24, 2.45) is 0 Å². The molecule has 0 aliphatic carbocycles. The second-order valence-corrected chi connectivity index (χ2v) is 5.03. The van der Waals surface area contributed by atoms with Gasteiger partial charge in [0.05, 0.1) is 16.9 Å². The fourth-order valence-corrected chi connectivity index (χ4v) is 1.99. The van der Waals surface area contributed by atoms with Crippen molar-refractivity contribution in [3.05, 3.63) is 47.2 Å². The number of carboxylic acids is 1. The lowest BCUT2D eigenvalue weighted by atomic mass is 10.2. The highest BCUT2D eigenvalue weighted by Crippen LogP contribution is 2.24. The van der Waals surface area contributed by atoms with Gasteiger partial charge in [-0.2, -0.15) is 0 Å². The summed E-state index contributed by atoms with van der Waals surface area (Å²) < 4.78 is 0. The van der Waals surface area contributed by atoms with Gasteiger partial charge in [-0.3, -0.25) is 4.79 Å². The lowest BCUT2D eigenvalue weighted by Crippen LogP contribution is -2.16. The van der Waals surface area contributed by atoms with Crippen LogP contribution in [-0.2, 0) is 4.79 Å². The van der Waals surface area contributed by atoms with Crippen molar-refractivity contribution in [1.82, 2.24) is 4.98 Å². The van der Waals surface area contributed by atoms with Crippen LogP contribution in [0.2, 0.25) is 5.15 Å². The molecular weight excluding hydrogens is 320 g/mol. The number of aromatic nitrogens is 1. The minimum atomic E-state index is -1.01. The first-order valence-electron chi connectivity index (χ1n) is 6.74. The van der Waals surface area contributed by atoms with E-state index in [0.29, 0.717) is 23.6 Å². The molecule has 0 fully saturated rings. The number of nitrogen functional groups attached to an aromatic ring is 1. The number of anilines is 3. The van der Waals surface area contributed by atoms with Crippen molar-refractivity contribution in [1.29, 1.82) is 0 Å². The van der Waals surface area contributed by atoms with Crippen molar-refractivity contribution in [2.75, 3.05) is 22.9 Å².